The first kappa shape index (κ1) is 25.2. The summed E-state index contributed by atoms with van der Waals surface area (Å²) in [5, 5.41) is 3.02. The number of rotatable bonds is 5. The number of anilines is 1. The zero-order valence-corrected chi connectivity index (χ0v) is 21.3. The quantitative estimate of drug-likeness (QED) is 0.656. The van der Waals surface area contributed by atoms with Crippen molar-refractivity contribution in [2.45, 2.75) is 77.7 Å². The first-order valence-electron chi connectivity index (χ1n) is 12.7. The van der Waals surface area contributed by atoms with Crippen molar-refractivity contribution >= 4 is 17.7 Å². The number of benzene rings is 2. The van der Waals surface area contributed by atoms with E-state index in [0.717, 1.165) is 54.9 Å². The summed E-state index contributed by atoms with van der Waals surface area (Å²) in [6, 6.07) is 14.9. The van der Waals surface area contributed by atoms with E-state index in [1.54, 1.807) is 6.92 Å². The lowest BCUT2D eigenvalue weighted by Gasteiger charge is -2.39. The van der Waals surface area contributed by atoms with Gasteiger partial charge in [0, 0.05) is 31.2 Å². The third-order valence-electron chi connectivity index (χ3n) is 6.98. The summed E-state index contributed by atoms with van der Waals surface area (Å²) in [6.45, 7) is 10.3. The second kappa shape index (κ2) is 10.8. The van der Waals surface area contributed by atoms with Gasteiger partial charge in [0.15, 0.2) is 0 Å². The number of nitrogens with two attached hydrogens (primary N) is 1. The van der Waals surface area contributed by atoms with Crippen LogP contribution in [0.2, 0.25) is 0 Å². The zero-order chi connectivity index (χ0) is 25.1. The molecule has 188 valence electrons. The van der Waals surface area contributed by atoms with E-state index < -0.39 is 6.09 Å². The van der Waals surface area contributed by atoms with Crippen molar-refractivity contribution in [1.82, 2.24) is 10.2 Å². The Morgan fingerprint density at radius 2 is 1.74 bits per heavy atom. The predicted molar refractivity (Wildman–Crippen MR) is 139 cm³/mol. The fourth-order valence-electron chi connectivity index (χ4n) is 5.22. The molecule has 0 unspecified atom stereocenters. The number of amides is 2. The highest BCUT2D eigenvalue weighted by atomic mass is 16.6. The molecule has 1 saturated heterocycles. The lowest BCUT2D eigenvalue weighted by atomic mass is 9.89. The van der Waals surface area contributed by atoms with Crippen LogP contribution in [0.5, 0.6) is 0 Å². The molecule has 2 amide bonds. The Kier molecular flexibility index (Phi) is 7.77. The third-order valence-corrected chi connectivity index (χ3v) is 6.98. The molecule has 0 spiro atoms. The summed E-state index contributed by atoms with van der Waals surface area (Å²) in [6.07, 6.45) is 2.11. The van der Waals surface area contributed by atoms with E-state index in [9.17, 15) is 9.59 Å². The molecule has 0 aromatic heterocycles. The van der Waals surface area contributed by atoms with Gasteiger partial charge < -0.3 is 20.7 Å². The molecule has 4 rings (SSSR count). The number of ether oxygens (including phenoxy) is 1. The van der Waals surface area contributed by atoms with Crippen molar-refractivity contribution < 1.29 is 14.3 Å². The number of hydrogen-bond donors (Lipinski definition) is 2. The molecule has 7 heteroatoms. The minimum atomic E-state index is -0.437. The average Bonchev–Trinajstić information content (AvgIpc) is 2.80. The summed E-state index contributed by atoms with van der Waals surface area (Å²) >= 11 is 0. The van der Waals surface area contributed by atoms with E-state index in [1.807, 2.05) is 31.7 Å². The Bertz CT molecular complexity index is 1040. The predicted octanol–water partition coefficient (Wildman–Crippen LogP) is 4.60. The van der Waals surface area contributed by atoms with Crippen molar-refractivity contribution in [2.75, 3.05) is 18.0 Å². The van der Waals surface area contributed by atoms with Crippen molar-refractivity contribution in [3.05, 3.63) is 53.6 Å². The van der Waals surface area contributed by atoms with Crippen LogP contribution in [0.4, 0.5) is 10.5 Å². The maximum atomic E-state index is 12.4. The van der Waals surface area contributed by atoms with Gasteiger partial charge in [-0.2, -0.15) is 0 Å². The number of likely N-dealkylation sites (tertiary alicyclic amines) is 1. The normalized spacial score (nSPS) is 21.0. The highest BCUT2D eigenvalue weighted by Gasteiger charge is 2.33. The average molecular weight is 479 g/mol. The van der Waals surface area contributed by atoms with E-state index in [0.29, 0.717) is 12.5 Å². The number of nitrogens with zero attached hydrogens (tertiary/aromatic N) is 2. The van der Waals surface area contributed by atoms with Crippen molar-refractivity contribution in [1.29, 1.82) is 0 Å². The highest BCUT2D eigenvalue weighted by molar-refractivity contribution is 5.94. The van der Waals surface area contributed by atoms with Gasteiger partial charge in [0.05, 0.1) is 12.1 Å². The molecule has 3 N–H and O–H groups in total. The van der Waals surface area contributed by atoms with Crippen LogP contribution in [-0.2, 0) is 16.1 Å². The van der Waals surface area contributed by atoms with Gasteiger partial charge in [0.25, 0.3) is 0 Å². The summed E-state index contributed by atoms with van der Waals surface area (Å²) in [7, 11) is 0. The van der Waals surface area contributed by atoms with E-state index in [1.165, 1.54) is 5.56 Å². The Morgan fingerprint density at radius 1 is 1.09 bits per heavy atom. The molecule has 0 saturated carbocycles. The molecule has 2 aromatic rings. The lowest BCUT2D eigenvalue weighted by Crippen LogP contribution is -2.45. The molecule has 2 aromatic carbocycles. The number of fused-ring (bicyclic) bond motifs is 1. The topological polar surface area (TPSA) is 87.9 Å². The smallest absolute Gasteiger partial charge is 0.407 e. The van der Waals surface area contributed by atoms with Gasteiger partial charge in [-0.05, 0) is 87.5 Å². The molecule has 2 aliphatic rings. The second-order valence-electron chi connectivity index (χ2n) is 10.2. The fraction of sp³-hybridized carbons (Fsp3) is 0.500. The molecule has 2 atom stereocenters. The van der Waals surface area contributed by atoms with Crippen molar-refractivity contribution in [2.24, 2.45) is 5.73 Å². The largest absolute Gasteiger partial charge is 0.447 e. The molecular formula is C28H38N4O3. The molecule has 7 nitrogen and oxygen atoms in total. The van der Waals surface area contributed by atoms with E-state index in [2.05, 4.69) is 46.6 Å². The first-order chi connectivity index (χ1) is 16.7. The Hall–Kier alpha value is -2.90. The van der Waals surface area contributed by atoms with Crippen LogP contribution in [-0.4, -0.2) is 48.2 Å². The minimum absolute atomic E-state index is 0.00210. The molecule has 0 bridgehead atoms. The molecule has 2 heterocycles. The second-order valence-corrected chi connectivity index (χ2v) is 10.2. The van der Waals surface area contributed by atoms with Gasteiger partial charge >= 0.3 is 6.09 Å². The first-order valence-corrected chi connectivity index (χ1v) is 12.7. The van der Waals surface area contributed by atoms with Gasteiger partial charge in [0.1, 0.15) is 0 Å². The van der Waals surface area contributed by atoms with Crippen LogP contribution in [0.15, 0.2) is 42.5 Å². The van der Waals surface area contributed by atoms with Crippen molar-refractivity contribution in [3.63, 3.8) is 0 Å². The Morgan fingerprint density at radius 3 is 2.37 bits per heavy atom. The monoisotopic (exact) mass is 478 g/mol. The van der Waals surface area contributed by atoms with Crippen molar-refractivity contribution in [3.8, 4) is 11.1 Å². The summed E-state index contributed by atoms with van der Waals surface area (Å²) in [5.41, 5.74) is 11.3. The summed E-state index contributed by atoms with van der Waals surface area (Å²) in [4.78, 5) is 29.1. The highest BCUT2D eigenvalue weighted by Crippen LogP contribution is 2.39. The summed E-state index contributed by atoms with van der Waals surface area (Å²) < 4.78 is 5.33. The molecular weight excluding hydrogens is 440 g/mol. The Balaban J connectivity index is 1.57. The molecule has 0 radical (unpaired) electrons. The maximum Gasteiger partial charge on any atom is 0.407 e. The van der Waals surface area contributed by atoms with Gasteiger partial charge in [-0.3, -0.25) is 9.69 Å². The van der Waals surface area contributed by atoms with E-state index in [4.69, 9.17) is 10.5 Å². The standard InChI is InChI=1S/C28H38N4O3/c1-18(2)35-28(34)30-26-15-19(3)32(20(4)33)27-10-9-23(16-25(26)27)22-7-5-21(6-8-22)17-31-13-11-24(29)12-14-31/h5-10,16,18-19,24,26H,11-15,17,29H2,1-4H3,(H,30,34)/t19-,26+/m1/s1. The zero-order valence-electron chi connectivity index (χ0n) is 21.3. The number of hydrogen-bond acceptors (Lipinski definition) is 5. The lowest BCUT2D eigenvalue weighted by molar-refractivity contribution is -0.117. The number of alkyl carbamates (subject to hydrolysis) is 1. The number of piperidine rings is 1. The minimum Gasteiger partial charge on any atom is -0.447 e. The Labute approximate surface area is 208 Å². The van der Waals surface area contributed by atoms with E-state index >= 15 is 0 Å². The molecule has 0 aliphatic carbocycles. The van der Waals surface area contributed by atoms with Crippen LogP contribution >= 0.6 is 0 Å². The molecule has 1 fully saturated rings. The maximum absolute atomic E-state index is 12.4. The van der Waals surface area contributed by atoms with E-state index in [-0.39, 0.29) is 24.1 Å². The van der Waals surface area contributed by atoms with Gasteiger partial charge in [-0.25, -0.2) is 4.79 Å². The summed E-state index contributed by atoms with van der Waals surface area (Å²) in [5.74, 6) is -0.00210. The SMILES string of the molecule is CC(=O)N1c2ccc(-c3ccc(CN4CCC(N)CC4)cc3)cc2[C@@H](NC(=O)OC(C)C)C[C@H]1C. The van der Waals surface area contributed by atoms with Gasteiger partial charge in [-0.15, -0.1) is 0 Å². The fourth-order valence-corrected chi connectivity index (χ4v) is 5.22. The molecule has 2 aliphatic heterocycles. The molecule has 35 heavy (non-hydrogen) atoms. The van der Waals surface area contributed by atoms with Crippen LogP contribution < -0.4 is 16.0 Å². The third kappa shape index (κ3) is 6.03. The van der Waals surface area contributed by atoms with Gasteiger partial charge in [0.2, 0.25) is 5.91 Å². The number of carbonyl (C=O) groups excluding carboxylic acids is 2. The van der Waals surface area contributed by atoms with Crippen LogP contribution in [0, 0.1) is 0 Å². The van der Waals surface area contributed by atoms with Gasteiger partial charge in [-0.1, -0.05) is 30.3 Å². The van der Waals surface area contributed by atoms with Crippen LogP contribution in [0.3, 0.4) is 0 Å². The van der Waals surface area contributed by atoms with Crippen LogP contribution in [0.25, 0.3) is 11.1 Å². The number of nitrogens with one attached hydrogen (secondary N) is 1. The number of carbonyl (C=O) groups is 2. The van der Waals surface area contributed by atoms with Crippen LogP contribution in [0.1, 0.15) is 64.1 Å².